The average molecular weight is 466 g/mol. The second kappa shape index (κ2) is 10.3. The molecule has 0 N–H and O–H groups in total. The Balaban J connectivity index is 1.45. The van der Waals surface area contributed by atoms with Gasteiger partial charge in [0.15, 0.2) is 0 Å². The van der Waals surface area contributed by atoms with E-state index in [-0.39, 0.29) is 0 Å². The van der Waals surface area contributed by atoms with Crippen molar-refractivity contribution >= 4 is 10.9 Å². The van der Waals surface area contributed by atoms with Crippen molar-refractivity contribution in [1.29, 1.82) is 5.26 Å². The fourth-order valence-corrected chi connectivity index (χ4v) is 4.87. The van der Waals surface area contributed by atoms with Gasteiger partial charge >= 0.3 is 0 Å². The van der Waals surface area contributed by atoms with Crippen LogP contribution in [0.1, 0.15) is 12.0 Å². The molecular weight excluding hydrogens is 434 g/mol. The molecule has 1 saturated heterocycles. The highest BCUT2D eigenvalue weighted by Gasteiger charge is 2.15. The molecule has 35 heavy (non-hydrogen) atoms. The van der Waals surface area contributed by atoms with Crippen LogP contribution in [0, 0.1) is 11.3 Å². The zero-order valence-corrected chi connectivity index (χ0v) is 20.4. The molecule has 0 amide bonds. The Morgan fingerprint density at radius 1 is 0.943 bits per heavy atom. The fraction of sp³-hybridized carbons (Fsp3) is 0.310. The zero-order valence-electron chi connectivity index (χ0n) is 20.4. The number of aromatic nitrogens is 2. The van der Waals surface area contributed by atoms with E-state index in [0.717, 1.165) is 84.6 Å². The van der Waals surface area contributed by atoms with Gasteiger partial charge in [0.1, 0.15) is 5.75 Å². The maximum absolute atomic E-state index is 9.52. The van der Waals surface area contributed by atoms with Crippen LogP contribution in [0.15, 0.2) is 67.1 Å². The summed E-state index contributed by atoms with van der Waals surface area (Å²) in [7, 11) is 3.87. The lowest BCUT2D eigenvalue weighted by Crippen LogP contribution is -2.44. The van der Waals surface area contributed by atoms with Crippen molar-refractivity contribution in [3.05, 3.63) is 72.7 Å². The molecule has 3 heterocycles. The van der Waals surface area contributed by atoms with Crippen LogP contribution < -0.4 is 4.74 Å². The highest BCUT2D eigenvalue weighted by molar-refractivity contribution is 5.97. The minimum absolute atomic E-state index is 0.672. The molecule has 0 bridgehead atoms. The van der Waals surface area contributed by atoms with Gasteiger partial charge in [0.25, 0.3) is 0 Å². The van der Waals surface area contributed by atoms with Gasteiger partial charge in [-0.3, -0.25) is 4.98 Å². The number of nitrogens with zero attached hydrogens (tertiary/aromatic N) is 5. The van der Waals surface area contributed by atoms with Crippen molar-refractivity contribution in [3.63, 3.8) is 0 Å². The average Bonchev–Trinajstić information content (AvgIpc) is 3.27. The van der Waals surface area contributed by atoms with E-state index in [1.807, 2.05) is 42.7 Å². The third-order valence-electron chi connectivity index (χ3n) is 6.93. The molecule has 5 rings (SSSR count). The van der Waals surface area contributed by atoms with Gasteiger partial charge in [0.2, 0.25) is 0 Å². The summed E-state index contributed by atoms with van der Waals surface area (Å²) in [6, 6.07) is 18.5. The molecule has 0 aliphatic carbocycles. The van der Waals surface area contributed by atoms with Crippen molar-refractivity contribution in [3.8, 4) is 34.1 Å². The highest BCUT2D eigenvalue weighted by atomic mass is 16.5. The van der Waals surface area contributed by atoms with Crippen molar-refractivity contribution < 1.29 is 4.74 Å². The number of piperazine rings is 1. The lowest BCUT2D eigenvalue weighted by molar-refractivity contribution is 0.151. The van der Waals surface area contributed by atoms with Gasteiger partial charge in [0.05, 0.1) is 18.7 Å². The third kappa shape index (κ3) is 5.07. The molecule has 0 saturated carbocycles. The van der Waals surface area contributed by atoms with Crippen LogP contribution >= 0.6 is 0 Å². The molecule has 2 aromatic heterocycles. The van der Waals surface area contributed by atoms with E-state index >= 15 is 0 Å². The molecule has 178 valence electrons. The molecule has 0 radical (unpaired) electrons. The van der Waals surface area contributed by atoms with Gasteiger partial charge < -0.3 is 19.1 Å². The molecule has 1 fully saturated rings. The first-order valence-electron chi connectivity index (χ1n) is 12.2. The van der Waals surface area contributed by atoms with Gasteiger partial charge in [-0.2, -0.15) is 5.26 Å². The first-order valence-corrected chi connectivity index (χ1v) is 12.2. The molecule has 1 aliphatic rings. The fourth-order valence-electron chi connectivity index (χ4n) is 4.87. The summed E-state index contributed by atoms with van der Waals surface area (Å²) < 4.78 is 7.74. The molecular formula is C29H31N5O. The van der Waals surface area contributed by atoms with Crippen LogP contribution in [0.25, 0.3) is 33.2 Å². The Morgan fingerprint density at radius 3 is 2.57 bits per heavy atom. The molecule has 0 atom stereocenters. The second-order valence-corrected chi connectivity index (χ2v) is 9.27. The SMILES string of the molecule is COc1cccc(-c2cncc(-c3cn(CCCN4CCN(C)CC4)c4ccc(C#N)cc34)c2)c1. The van der Waals surface area contributed by atoms with E-state index in [0.29, 0.717) is 5.56 Å². The third-order valence-corrected chi connectivity index (χ3v) is 6.93. The number of aryl methyl sites for hydroxylation is 1. The summed E-state index contributed by atoms with van der Waals surface area (Å²) in [5.41, 5.74) is 6.08. The summed E-state index contributed by atoms with van der Waals surface area (Å²) in [4.78, 5) is 9.50. The molecule has 2 aromatic carbocycles. The minimum atomic E-state index is 0.672. The highest BCUT2D eigenvalue weighted by Crippen LogP contribution is 2.34. The lowest BCUT2D eigenvalue weighted by Gasteiger charge is -2.32. The molecule has 6 heteroatoms. The predicted molar refractivity (Wildman–Crippen MR) is 140 cm³/mol. The van der Waals surface area contributed by atoms with E-state index in [2.05, 4.69) is 56.9 Å². The summed E-state index contributed by atoms with van der Waals surface area (Å²) in [6.45, 7) is 6.61. The Hall–Kier alpha value is -3.66. The van der Waals surface area contributed by atoms with E-state index < -0.39 is 0 Å². The molecule has 1 aliphatic heterocycles. The number of ether oxygens (including phenoxy) is 1. The number of benzene rings is 2. The van der Waals surface area contributed by atoms with Crippen molar-refractivity contribution in [1.82, 2.24) is 19.4 Å². The number of fused-ring (bicyclic) bond motifs is 1. The van der Waals surface area contributed by atoms with E-state index in [9.17, 15) is 5.26 Å². The summed E-state index contributed by atoms with van der Waals surface area (Å²) in [6.07, 6.45) is 7.11. The number of hydrogen-bond acceptors (Lipinski definition) is 5. The van der Waals surface area contributed by atoms with Crippen LogP contribution in [-0.2, 0) is 6.54 Å². The normalized spacial score (nSPS) is 14.8. The van der Waals surface area contributed by atoms with Crippen LogP contribution in [0.3, 0.4) is 0 Å². The second-order valence-electron chi connectivity index (χ2n) is 9.27. The first kappa shape index (κ1) is 23.1. The van der Waals surface area contributed by atoms with Crippen LogP contribution in [0.2, 0.25) is 0 Å². The van der Waals surface area contributed by atoms with Gasteiger partial charge in [-0.05, 0) is 62.0 Å². The van der Waals surface area contributed by atoms with Gasteiger partial charge in [-0.1, -0.05) is 12.1 Å². The Morgan fingerprint density at radius 2 is 1.77 bits per heavy atom. The number of nitriles is 1. The first-order chi connectivity index (χ1) is 17.1. The van der Waals surface area contributed by atoms with Crippen molar-refractivity contribution in [2.45, 2.75) is 13.0 Å². The van der Waals surface area contributed by atoms with E-state index in [1.54, 1.807) is 7.11 Å². The number of likely N-dealkylation sites (N-methyl/N-ethyl adjacent to an activating group) is 1. The number of hydrogen-bond donors (Lipinski definition) is 0. The largest absolute Gasteiger partial charge is 0.497 e. The monoisotopic (exact) mass is 465 g/mol. The molecule has 6 nitrogen and oxygen atoms in total. The van der Waals surface area contributed by atoms with Gasteiger partial charge in [-0.25, -0.2) is 0 Å². The van der Waals surface area contributed by atoms with Crippen molar-refractivity contribution in [2.75, 3.05) is 46.9 Å². The van der Waals surface area contributed by atoms with Gasteiger partial charge in [-0.15, -0.1) is 0 Å². The van der Waals surface area contributed by atoms with Crippen LogP contribution in [0.5, 0.6) is 5.75 Å². The maximum atomic E-state index is 9.52. The number of methoxy groups -OCH3 is 1. The Kier molecular flexibility index (Phi) is 6.80. The van der Waals surface area contributed by atoms with E-state index in [4.69, 9.17) is 4.74 Å². The summed E-state index contributed by atoms with van der Waals surface area (Å²) in [5.74, 6) is 0.823. The quantitative estimate of drug-likeness (QED) is 0.389. The molecule has 0 spiro atoms. The summed E-state index contributed by atoms with van der Waals surface area (Å²) >= 11 is 0. The zero-order chi connectivity index (χ0) is 24.2. The minimum Gasteiger partial charge on any atom is -0.497 e. The smallest absolute Gasteiger partial charge is 0.119 e. The van der Waals surface area contributed by atoms with Crippen LogP contribution in [-0.4, -0.2) is 66.2 Å². The topological polar surface area (TPSA) is 57.3 Å². The Labute approximate surface area is 207 Å². The maximum Gasteiger partial charge on any atom is 0.119 e. The molecule has 4 aromatic rings. The number of pyridine rings is 1. The summed E-state index contributed by atoms with van der Waals surface area (Å²) in [5, 5.41) is 10.6. The standard InChI is InChI=1S/C29H31N5O/c1-32-11-13-33(14-12-32)9-4-10-34-21-28(27-15-22(18-30)7-8-29(27)34)25-16-24(19-31-20-25)23-5-3-6-26(17-23)35-2/h3,5-8,15-17,19-21H,4,9-14H2,1-2H3. The predicted octanol–water partition coefficient (Wildman–Crippen LogP) is 4.89. The van der Waals surface area contributed by atoms with E-state index in [1.165, 1.54) is 0 Å². The Bertz CT molecular complexity index is 1360. The lowest BCUT2D eigenvalue weighted by atomic mass is 10.0. The number of rotatable bonds is 7. The van der Waals surface area contributed by atoms with Crippen molar-refractivity contribution in [2.24, 2.45) is 0 Å². The van der Waals surface area contributed by atoms with Crippen LogP contribution in [0.4, 0.5) is 0 Å². The van der Waals surface area contributed by atoms with Gasteiger partial charge in [0, 0.05) is 78.9 Å². The molecule has 0 unspecified atom stereocenters.